The van der Waals surface area contributed by atoms with Gasteiger partial charge in [-0.25, -0.2) is 29.3 Å². The topological polar surface area (TPSA) is 138 Å². The third kappa shape index (κ3) is 5.28. The number of fused-ring (bicyclic) bond motifs is 1. The van der Waals surface area contributed by atoms with E-state index in [0.717, 1.165) is 55.4 Å². The summed E-state index contributed by atoms with van der Waals surface area (Å²) in [5, 5.41) is 9.12. The number of halogens is 1. The third-order valence-electron chi connectivity index (χ3n) is 7.66. The third-order valence-corrected chi connectivity index (χ3v) is 7.66. The molecule has 12 heteroatoms. The van der Waals surface area contributed by atoms with Crippen molar-refractivity contribution in [1.82, 2.24) is 39.2 Å². The number of hydrogen-bond donors (Lipinski definition) is 1. The number of benzene rings is 1. The molecule has 11 nitrogen and oxygen atoms in total. The van der Waals surface area contributed by atoms with Gasteiger partial charge in [-0.3, -0.25) is 14.3 Å². The Morgan fingerprint density at radius 3 is 2.41 bits per heavy atom. The van der Waals surface area contributed by atoms with E-state index >= 15 is 0 Å². The maximum atomic E-state index is 13.5. The van der Waals surface area contributed by atoms with Crippen molar-refractivity contribution >= 4 is 17.3 Å². The van der Waals surface area contributed by atoms with E-state index in [2.05, 4.69) is 59.0 Å². The zero-order valence-electron chi connectivity index (χ0n) is 23.5. The van der Waals surface area contributed by atoms with Crippen molar-refractivity contribution in [3.8, 4) is 40.0 Å². The van der Waals surface area contributed by atoms with Crippen LogP contribution in [0.25, 0.3) is 39.5 Å². The predicted octanol–water partition coefficient (Wildman–Crippen LogP) is 4.23. The average molecular weight is 584 g/mol. The molecular formula is C32H26FN11. The van der Waals surface area contributed by atoms with Gasteiger partial charge in [0.1, 0.15) is 34.9 Å². The summed E-state index contributed by atoms with van der Waals surface area (Å²) >= 11 is 0. The number of nitrogens with two attached hydrogens (primary N) is 1. The van der Waals surface area contributed by atoms with Crippen LogP contribution >= 0.6 is 0 Å². The fourth-order valence-electron chi connectivity index (χ4n) is 5.44. The molecule has 44 heavy (non-hydrogen) atoms. The van der Waals surface area contributed by atoms with E-state index in [4.69, 9.17) is 16.0 Å². The molecule has 6 heterocycles. The molecule has 1 saturated heterocycles. The normalized spacial score (nSPS) is 13.7. The van der Waals surface area contributed by atoms with Crippen LogP contribution in [-0.2, 0) is 6.54 Å². The number of nitrogen functional groups attached to an aromatic ring is 1. The van der Waals surface area contributed by atoms with Gasteiger partial charge in [0.2, 0.25) is 5.82 Å². The zero-order valence-corrected chi connectivity index (χ0v) is 23.5. The Morgan fingerprint density at radius 2 is 1.66 bits per heavy atom. The van der Waals surface area contributed by atoms with Crippen molar-refractivity contribution < 1.29 is 4.39 Å². The van der Waals surface area contributed by atoms with Crippen LogP contribution < -0.4 is 10.6 Å². The van der Waals surface area contributed by atoms with Gasteiger partial charge >= 0.3 is 0 Å². The van der Waals surface area contributed by atoms with E-state index < -0.39 is 5.82 Å². The Bertz CT molecular complexity index is 1990. The number of hydrogen-bond acceptors (Lipinski definition) is 10. The molecule has 0 aliphatic carbocycles. The zero-order chi connectivity index (χ0) is 30.0. The maximum Gasteiger partial charge on any atom is 0.234 e. The standard InChI is InChI=1S/C32H26FN11/c33-23-7-8-25(38-17-23)26-20-44-29(18-39-26)41-30(24-2-1-10-37-32(24)35)31(44)22-5-3-21(4-6-22)19-42-12-14-43(15-13-42)28-9-11-36-27(16-34)40-28/h1-11,17-18,20H,12-15,19H2,(H2,35,37). The molecule has 0 atom stereocenters. The van der Waals surface area contributed by atoms with Gasteiger partial charge in [-0.1, -0.05) is 24.3 Å². The molecule has 0 radical (unpaired) electrons. The lowest BCUT2D eigenvalue weighted by atomic mass is 10.0. The van der Waals surface area contributed by atoms with Gasteiger partial charge in [-0.15, -0.1) is 0 Å². The van der Waals surface area contributed by atoms with Gasteiger partial charge in [-0.2, -0.15) is 5.26 Å². The second-order valence-corrected chi connectivity index (χ2v) is 10.4. The quantitative estimate of drug-likeness (QED) is 0.303. The molecule has 6 aromatic rings. The summed E-state index contributed by atoms with van der Waals surface area (Å²) in [5.41, 5.74) is 12.5. The number of nitrogens with zero attached hydrogens (tertiary/aromatic N) is 10. The fourth-order valence-corrected chi connectivity index (χ4v) is 5.44. The van der Waals surface area contributed by atoms with E-state index in [0.29, 0.717) is 28.5 Å². The largest absolute Gasteiger partial charge is 0.383 e. The van der Waals surface area contributed by atoms with Gasteiger partial charge in [0.25, 0.3) is 0 Å². The first-order valence-corrected chi connectivity index (χ1v) is 14.1. The number of rotatable bonds is 6. The van der Waals surface area contributed by atoms with Gasteiger partial charge in [0.15, 0.2) is 5.65 Å². The smallest absolute Gasteiger partial charge is 0.234 e. The fraction of sp³-hybridized carbons (Fsp3) is 0.156. The van der Waals surface area contributed by atoms with Crippen LogP contribution in [0, 0.1) is 17.1 Å². The molecule has 1 aliphatic heterocycles. The van der Waals surface area contributed by atoms with E-state index in [1.165, 1.54) is 17.8 Å². The molecule has 216 valence electrons. The molecule has 0 bridgehead atoms. The number of piperazine rings is 1. The predicted molar refractivity (Wildman–Crippen MR) is 163 cm³/mol. The highest BCUT2D eigenvalue weighted by atomic mass is 19.1. The van der Waals surface area contributed by atoms with Crippen LogP contribution in [0.1, 0.15) is 11.4 Å². The Labute approximate surface area is 252 Å². The van der Waals surface area contributed by atoms with Crippen molar-refractivity contribution in [3.63, 3.8) is 0 Å². The van der Waals surface area contributed by atoms with Crippen LogP contribution in [-0.4, -0.2) is 65.4 Å². The molecule has 0 spiro atoms. The molecule has 0 unspecified atom stereocenters. The molecule has 0 saturated carbocycles. The Hall–Kier alpha value is -5.80. The first-order valence-electron chi connectivity index (χ1n) is 14.1. The van der Waals surface area contributed by atoms with E-state index in [1.807, 2.05) is 34.9 Å². The molecule has 1 aliphatic rings. The molecule has 7 rings (SSSR count). The first-order chi connectivity index (χ1) is 21.6. The highest BCUT2D eigenvalue weighted by Gasteiger charge is 2.21. The highest BCUT2D eigenvalue weighted by molar-refractivity contribution is 5.86. The second kappa shape index (κ2) is 11.5. The maximum absolute atomic E-state index is 13.5. The van der Waals surface area contributed by atoms with Crippen LogP contribution in [0.3, 0.4) is 0 Å². The second-order valence-electron chi connectivity index (χ2n) is 10.4. The Morgan fingerprint density at radius 1 is 0.841 bits per heavy atom. The van der Waals surface area contributed by atoms with Crippen LogP contribution in [0.4, 0.5) is 16.0 Å². The summed E-state index contributed by atoms with van der Waals surface area (Å²) in [7, 11) is 0. The highest BCUT2D eigenvalue weighted by Crippen LogP contribution is 2.35. The van der Waals surface area contributed by atoms with Crippen molar-refractivity contribution in [3.05, 3.63) is 103 Å². The van der Waals surface area contributed by atoms with Gasteiger partial charge < -0.3 is 10.6 Å². The van der Waals surface area contributed by atoms with E-state index in [1.54, 1.807) is 24.7 Å². The minimum Gasteiger partial charge on any atom is -0.383 e. The van der Waals surface area contributed by atoms with Gasteiger partial charge in [0, 0.05) is 62.4 Å². The Kier molecular flexibility index (Phi) is 7.05. The number of nitriles is 1. The summed E-state index contributed by atoms with van der Waals surface area (Å²) < 4.78 is 15.5. The van der Waals surface area contributed by atoms with Crippen LogP contribution in [0.2, 0.25) is 0 Å². The molecular weight excluding hydrogens is 557 g/mol. The number of imidazole rings is 1. The van der Waals surface area contributed by atoms with E-state index in [-0.39, 0.29) is 5.82 Å². The lowest BCUT2D eigenvalue weighted by Gasteiger charge is -2.35. The molecule has 0 amide bonds. The molecule has 5 aromatic heterocycles. The molecule has 1 aromatic carbocycles. The Balaban J connectivity index is 1.17. The number of anilines is 2. The summed E-state index contributed by atoms with van der Waals surface area (Å²) in [6, 6.07) is 19.0. The average Bonchev–Trinajstić information content (AvgIpc) is 3.44. The minimum atomic E-state index is -0.408. The summed E-state index contributed by atoms with van der Waals surface area (Å²) in [6.45, 7) is 4.19. The van der Waals surface area contributed by atoms with Crippen molar-refractivity contribution in [1.29, 1.82) is 5.26 Å². The SMILES string of the molecule is N#Cc1nccc(N2CCN(Cc3ccc(-c4c(-c5cccnc5N)nc5cnc(-c6ccc(F)cn6)cn45)cc3)CC2)n1. The first kappa shape index (κ1) is 27.1. The van der Waals surface area contributed by atoms with Gasteiger partial charge in [-0.05, 0) is 35.9 Å². The molecule has 1 fully saturated rings. The number of pyridine rings is 2. The summed E-state index contributed by atoms with van der Waals surface area (Å²) in [6.07, 6.45) is 8.00. The molecule has 2 N–H and O–H groups in total. The van der Waals surface area contributed by atoms with Crippen molar-refractivity contribution in [2.24, 2.45) is 0 Å². The van der Waals surface area contributed by atoms with Crippen molar-refractivity contribution in [2.45, 2.75) is 6.54 Å². The lowest BCUT2D eigenvalue weighted by molar-refractivity contribution is 0.249. The summed E-state index contributed by atoms with van der Waals surface area (Å²) in [5.74, 6) is 0.943. The minimum absolute atomic E-state index is 0.185. The van der Waals surface area contributed by atoms with Crippen molar-refractivity contribution in [2.75, 3.05) is 36.8 Å². The lowest BCUT2D eigenvalue weighted by Crippen LogP contribution is -2.46. The number of aromatic nitrogens is 7. The summed E-state index contributed by atoms with van der Waals surface area (Å²) in [4.78, 5) is 30.8. The monoisotopic (exact) mass is 583 g/mol. The van der Waals surface area contributed by atoms with E-state index in [9.17, 15) is 4.39 Å². The van der Waals surface area contributed by atoms with Gasteiger partial charge in [0.05, 0.1) is 23.8 Å². The van der Waals surface area contributed by atoms with Crippen LogP contribution in [0.15, 0.2) is 85.6 Å². The van der Waals surface area contributed by atoms with Crippen LogP contribution in [0.5, 0.6) is 0 Å².